The zero-order chi connectivity index (χ0) is 12.6. The van der Waals surface area contributed by atoms with Crippen LogP contribution in [0, 0.1) is 0 Å². The van der Waals surface area contributed by atoms with E-state index in [1.54, 1.807) is 29.4 Å². The summed E-state index contributed by atoms with van der Waals surface area (Å²) in [6, 6.07) is 1.57. The Kier molecular flexibility index (Phi) is 2.51. The first kappa shape index (κ1) is 11.1. The second-order valence-electron chi connectivity index (χ2n) is 4.08. The normalized spacial score (nSPS) is 15.6. The predicted molar refractivity (Wildman–Crippen MR) is 64.7 cm³/mol. The fraction of sp³-hybridized carbons (Fsp3) is 0.300. The summed E-state index contributed by atoms with van der Waals surface area (Å²) in [4.78, 5) is 11.9. The van der Waals surface area contributed by atoms with Gasteiger partial charge in [-0.05, 0) is 12.8 Å². The molecular formula is C10H11N5O2S. The van der Waals surface area contributed by atoms with Gasteiger partial charge in [0, 0.05) is 18.5 Å². The minimum Gasteiger partial charge on any atom is -0.290 e. The number of aromatic nitrogens is 4. The molecule has 0 amide bonds. The lowest BCUT2D eigenvalue weighted by Gasteiger charge is -2.07. The van der Waals surface area contributed by atoms with Crippen LogP contribution in [0.5, 0.6) is 0 Å². The standard InChI is InChI=1S/C10H11N5O2S/c16-18(17,8-1-2-8)14-9-5-10(13-6-12-9)15-4-3-11-7-15/h3-8H,1-2H2,(H,12,13,14). The van der Waals surface area contributed by atoms with Crippen LogP contribution < -0.4 is 4.72 Å². The molecule has 0 unspecified atom stereocenters. The molecule has 1 aliphatic carbocycles. The minimum atomic E-state index is -3.29. The lowest BCUT2D eigenvalue weighted by molar-refractivity contribution is 0.600. The second-order valence-corrected chi connectivity index (χ2v) is 6.04. The van der Waals surface area contributed by atoms with Crippen LogP contribution in [0.3, 0.4) is 0 Å². The minimum absolute atomic E-state index is 0.274. The van der Waals surface area contributed by atoms with Crippen LogP contribution in [0.4, 0.5) is 5.82 Å². The van der Waals surface area contributed by atoms with E-state index in [1.165, 1.54) is 6.33 Å². The van der Waals surface area contributed by atoms with Gasteiger partial charge >= 0.3 is 0 Å². The van der Waals surface area contributed by atoms with Crippen molar-refractivity contribution in [2.24, 2.45) is 0 Å². The molecule has 0 saturated heterocycles. The molecule has 94 valence electrons. The van der Waals surface area contributed by atoms with E-state index < -0.39 is 10.0 Å². The van der Waals surface area contributed by atoms with Gasteiger partial charge in [0.1, 0.15) is 24.3 Å². The molecule has 2 aromatic heterocycles. The summed E-state index contributed by atoms with van der Waals surface area (Å²) in [6.07, 6.45) is 7.68. The number of hydrogen-bond acceptors (Lipinski definition) is 5. The summed E-state index contributed by atoms with van der Waals surface area (Å²) in [7, 11) is -3.29. The highest BCUT2D eigenvalue weighted by atomic mass is 32.2. The van der Waals surface area contributed by atoms with Gasteiger partial charge in [-0.2, -0.15) is 0 Å². The molecular weight excluding hydrogens is 254 g/mol. The van der Waals surface area contributed by atoms with Gasteiger partial charge in [-0.25, -0.2) is 23.4 Å². The molecule has 18 heavy (non-hydrogen) atoms. The van der Waals surface area contributed by atoms with Crippen LogP contribution in [-0.2, 0) is 10.0 Å². The number of imidazole rings is 1. The van der Waals surface area contributed by atoms with E-state index in [0.717, 1.165) is 12.8 Å². The first-order chi connectivity index (χ1) is 8.65. The number of anilines is 1. The lowest BCUT2D eigenvalue weighted by atomic mass is 10.5. The third-order valence-corrected chi connectivity index (χ3v) is 4.47. The Morgan fingerprint density at radius 2 is 2.17 bits per heavy atom. The van der Waals surface area contributed by atoms with Gasteiger partial charge in [-0.1, -0.05) is 0 Å². The average molecular weight is 265 g/mol. The maximum Gasteiger partial charge on any atom is 0.236 e. The SMILES string of the molecule is O=S(=O)(Nc1cc(-n2ccnc2)ncn1)C1CC1. The molecule has 8 heteroatoms. The van der Waals surface area contributed by atoms with E-state index in [-0.39, 0.29) is 11.1 Å². The molecule has 2 aromatic rings. The molecule has 0 spiro atoms. The van der Waals surface area contributed by atoms with Gasteiger partial charge in [-0.3, -0.25) is 9.29 Å². The summed E-state index contributed by atoms with van der Waals surface area (Å²) in [5, 5.41) is -0.274. The molecule has 1 N–H and O–H groups in total. The van der Waals surface area contributed by atoms with Crippen LogP contribution in [0.25, 0.3) is 5.82 Å². The number of sulfonamides is 1. The number of nitrogens with zero attached hydrogens (tertiary/aromatic N) is 4. The first-order valence-corrected chi connectivity index (χ1v) is 7.02. The highest BCUT2D eigenvalue weighted by Crippen LogP contribution is 2.29. The molecule has 0 aromatic carbocycles. The third-order valence-electron chi connectivity index (χ3n) is 2.63. The Morgan fingerprint density at radius 3 is 2.83 bits per heavy atom. The van der Waals surface area contributed by atoms with E-state index in [9.17, 15) is 8.42 Å². The zero-order valence-corrected chi connectivity index (χ0v) is 10.2. The Labute approximate surface area is 104 Å². The van der Waals surface area contributed by atoms with Crippen LogP contribution >= 0.6 is 0 Å². The van der Waals surface area contributed by atoms with Gasteiger partial charge in [0.2, 0.25) is 10.0 Å². The van der Waals surface area contributed by atoms with Crippen molar-refractivity contribution in [1.29, 1.82) is 0 Å². The van der Waals surface area contributed by atoms with Crippen molar-refractivity contribution in [3.63, 3.8) is 0 Å². The largest absolute Gasteiger partial charge is 0.290 e. The summed E-state index contributed by atoms with van der Waals surface area (Å²) in [5.41, 5.74) is 0. The molecule has 0 radical (unpaired) electrons. The van der Waals surface area contributed by atoms with Gasteiger partial charge in [0.25, 0.3) is 0 Å². The van der Waals surface area contributed by atoms with Gasteiger partial charge < -0.3 is 0 Å². The van der Waals surface area contributed by atoms with Gasteiger partial charge in [-0.15, -0.1) is 0 Å². The average Bonchev–Trinajstić information content (AvgIpc) is 3.06. The van der Waals surface area contributed by atoms with Crippen molar-refractivity contribution in [3.05, 3.63) is 31.1 Å². The summed E-state index contributed by atoms with van der Waals surface area (Å²) in [5.74, 6) is 0.844. The Balaban J connectivity index is 1.87. The quantitative estimate of drug-likeness (QED) is 0.872. The first-order valence-electron chi connectivity index (χ1n) is 5.47. The molecule has 7 nitrogen and oxygen atoms in total. The van der Waals surface area contributed by atoms with Crippen molar-refractivity contribution in [2.75, 3.05) is 4.72 Å². The fourth-order valence-electron chi connectivity index (χ4n) is 1.55. The monoisotopic (exact) mass is 265 g/mol. The Hall–Kier alpha value is -1.96. The van der Waals surface area contributed by atoms with Gasteiger partial charge in [0.15, 0.2) is 0 Å². The summed E-state index contributed by atoms with van der Waals surface area (Å²) >= 11 is 0. The Morgan fingerprint density at radius 1 is 1.33 bits per heavy atom. The maximum atomic E-state index is 11.8. The Bertz CT molecular complexity index is 649. The topological polar surface area (TPSA) is 89.8 Å². The molecule has 1 aliphatic rings. The van der Waals surface area contributed by atoms with Crippen molar-refractivity contribution >= 4 is 15.8 Å². The number of rotatable bonds is 4. The second kappa shape index (κ2) is 4.05. The van der Waals surface area contributed by atoms with Crippen molar-refractivity contribution in [3.8, 4) is 5.82 Å². The van der Waals surface area contributed by atoms with E-state index in [4.69, 9.17) is 0 Å². The fourth-order valence-corrected chi connectivity index (χ4v) is 2.87. The molecule has 1 fully saturated rings. The van der Waals surface area contributed by atoms with E-state index in [2.05, 4.69) is 19.7 Å². The van der Waals surface area contributed by atoms with E-state index >= 15 is 0 Å². The van der Waals surface area contributed by atoms with Crippen molar-refractivity contribution in [2.45, 2.75) is 18.1 Å². The molecule has 1 saturated carbocycles. The van der Waals surface area contributed by atoms with Crippen LogP contribution in [-0.4, -0.2) is 33.2 Å². The summed E-state index contributed by atoms with van der Waals surface area (Å²) < 4.78 is 27.7. The number of hydrogen-bond donors (Lipinski definition) is 1. The molecule has 0 bridgehead atoms. The molecule has 0 atom stereocenters. The highest BCUT2D eigenvalue weighted by molar-refractivity contribution is 7.93. The molecule has 0 aliphatic heterocycles. The van der Waals surface area contributed by atoms with Crippen molar-refractivity contribution < 1.29 is 8.42 Å². The zero-order valence-electron chi connectivity index (χ0n) is 9.39. The van der Waals surface area contributed by atoms with Crippen LogP contribution in [0.15, 0.2) is 31.1 Å². The number of nitrogens with one attached hydrogen (secondary N) is 1. The molecule has 2 heterocycles. The highest BCUT2D eigenvalue weighted by Gasteiger charge is 2.35. The van der Waals surface area contributed by atoms with Crippen molar-refractivity contribution in [1.82, 2.24) is 19.5 Å². The van der Waals surface area contributed by atoms with E-state index in [1.807, 2.05) is 0 Å². The lowest BCUT2D eigenvalue weighted by Crippen LogP contribution is -2.18. The smallest absolute Gasteiger partial charge is 0.236 e. The summed E-state index contributed by atoms with van der Waals surface area (Å²) in [6.45, 7) is 0. The van der Waals surface area contributed by atoms with Gasteiger partial charge in [0.05, 0.1) is 5.25 Å². The van der Waals surface area contributed by atoms with E-state index in [0.29, 0.717) is 5.82 Å². The maximum absolute atomic E-state index is 11.8. The van der Waals surface area contributed by atoms with Crippen LogP contribution in [0.2, 0.25) is 0 Å². The van der Waals surface area contributed by atoms with Crippen LogP contribution in [0.1, 0.15) is 12.8 Å². The third kappa shape index (κ3) is 2.19. The predicted octanol–water partition coefficient (Wildman–Crippen LogP) is 0.566. The molecule has 3 rings (SSSR count).